The lowest BCUT2D eigenvalue weighted by Crippen LogP contribution is -2.30. The molecule has 0 aliphatic carbocycles. The molecule has 86 valence electrons. The third kappa shape index (κ3) is 4.29. The fourth-order valence-corrected chi connectivity index (χ4v) is 2.91. The first-order valence-corrected chi connectivity index (χ1v) is 7.28. The first-order valence-electron chi connectivity index (χ1n) is 4.69. The van der Waals surface area contributed by atoms with E-state index in [0.29, 0.717) is 13.1 Å². The molecule has 0 aliphatic heterocycles. The van der Waals surface area contributed by atoms with Crippen LogP contribution in [-0.4, -0.2) is 27.8 Å². The first-order chi connectivity index (χ1) is 7.05. The minimum absolute atomic E-state index is 0.118. The molecule has 0 aliphatic rings. The van der Waals surface area contributed by atoms with Crippen LogP contribution < -0.4 is 10.0 Å². The van der Waals surface area contributed by atoms with Crippen molar-refractivity contribution >= 4 is 21.4 Å². The molecular formula is C9H16N2O2S2. The van der Waals surface area contributed by atoms with E-state index in [-0.39, 0.29) is 5.75 Å². The van der Waals surface area contributed by atoms with Gasteiger partial charge in [0, 0.05) is 13.1 Å². The summed E-state index contributed by atoms with van der Waals surface area (Å²) in [7, 11) is -1.41. The molecule has 0 saturated heterocycles. The zero-order chi connectivity index (χ0) is 11.3. The maximum atomic E-state index is 11.4. The average Bonchev–Trinajstić information content (AvgIpc) is 2.58. The van der Waals surface area contributed by atoms with Crippen LogP contribution in [0.4, 0.5) is 0 Å². The molecule has 2 N–H and O–H groups in total. The van der Waals surface area contributed by atoms with Crippen molar-refractivity contribution in [3.63, 3.8) is 0 Å². The summed E-state index contributed by atoms with van der Waals surface area (Å²) in [4.78, 5) is 0. The minimum Gasteiger partial charge on any atom is -0.319 e. The number of thiophene rings is 1. The van der Waals surface area contributed by atoms with Gasteiger partial charge in [-0.3, -0.25) is 0 Å². The summed E-state index contributed by atoms with van der Waals surface area (Å²) in [6, 6.07) is 0. The highest BCUT2D eigenvalue weighted by atomic mass is 32.2. The monoisotopic (exact) mass is 248 g/mol. The van der Waals surface area contributed by atoms with E-state index >= 15 is 0 Å². The van der Waals surface area contributed by atoms with E-state index in [1.165, 1.54) is 0 Å². The maximum absolute atomic E-state index is 11.4. The quantitative estimate of drug-likeness (QED) is 0.779. The van der Waals surface area contributed by atoms with Gasteiger partial charge in [0.2, 0.25) is 10.0 Å². The van der Waals surface area contributed by atoms with E-state index < -0.39 is 10.0 Å². The van der Waals surface area contributed by atoms with Crippen LogP contribution in [-0.2, 0) is 16.6 Å². The highest BCUT2D eigenvalue weighted by Crippen LogP contribution is 2.13. The summed E-state index contributed by atoms with van der Waals surface area (Å²) in [5.41, 5.74) is 2.18. The van der Waals surface area contributed by atoms with Crippen molar-refractivity contribution in [2.45, 2.75) is 13.5 Å². The number of hydrogen-bond donors (Lipinski definition) is 2. The van der Waals surface area contributed by atoms with Crippen LogP contribution in [0.3, 0.4) is 0 Å². The molecule has 0 saturated carbocycles. The van der Waals surface area contributed by atoms with Gasteiger partial charge in [-0.05, 0) is 35.9 Å². The molecule has 0 amide bonds. The molecule has 0 unspecified atom stereocenters. The van der Waals surface area contributed by atoms with Crippen molar-refractivity contribution in [1.82, 2.24) is 10.0 Å². The van der Waals surface area contributed by atoms with E-state index in [0.717, 1.165) is 11.1 Å². The summed E-state index contributed by atoms with van der Waals surface area (Å²) in [6.07, 6.45) is 0. The Hall–Kier alpha value is -0.430. The Balaban J connectivity index is 2.46. The second-order valence-electron chi connectivity index (χ2n) is 3.32. The third-order valence-corrected chi connectivity index (χ3v) is 4.30. The predicted octanol–water partition coefficient (Wildman–Crippen LogP) is 0.695. The van der Waals surface area contributed by atoms with E-state index in [2.05, 4.69) is 10.0 Å². The molecule has 0 bridgehead atoms. The lowest BCUT2D eigenvalue weighted by Gasteiger charge is -2.05. The van der Waals surface area contributed by atoms with Crippen LogP contribution in [0.1, 0.15) is 11.1 Å². The Kier molecular flexibility index (Phi) is 4.72. The lowest BCUT2D eigenvalue weighted by atomic mass is 10.2. The fourth-order valence-electron chi connectivity index (χ4n) is 1.06. The van der Waals surface area contributed by atoms with Gasteiger partial charge in [0.05, 0.1) is 5.75 Å². The molecule has 4 nitrogen and oxygen atoms in total. The molecular weight excluding hydrogens is 232 g/mol. The second-order valence-corrected chi connectivity index (χ2v) is 5.99. The van der Waals surface area contributed by atoms with Gasteiger partial charge in [0.25, 0.3) is 0 Å². The van der Waals surface area contributed by atoms with Crippen molar-refractivity contribution in [3.05, 3.63) is 21.9 Å². The second kappa shape index (κ2) is 5.60. The molecule has 1 aromatic heterocycles. The Bertz CT molecular complexity index is 398. The summed E-state index contributed by atoms with van der Waals surface area (Å²) in [5, 5.41) is 6.79. The number of rotatable bonds is 6. The smallest absolute Gasteiger partial charge is 0.213 e. The Morgan fingerprint density at radius 2 is 2.13 bits per heavy atom. The van der Waals surface area contributed by atoms with Gasteiger partial charge in [-0.2, -0.15) is 11.3 Å². The average molecular weight is 248 g/mol. The topological polar surface area (TPSA) is 58.2 Å². The van der Waals surface area contributed by atoms with Crippen molar-refractivity contribution in [2.24, 2.45) is 0 Å². The summed E-state index contributed by atoms with van der Waals surface area (Å²) < 4.78 is 25.5. The SMILES string of the molecule is CNCCS(=O)(=O)NCc1cscc1C. The van der Waals surface area contributed by atoms with Gasteiger partial charge in [-0.25, -0.2) is 13.1 Å². The number of aryl methyl sites for hydroxylation is 1. The highest BCUT2D eigenvalue weighted by Gasteiger charge is 2.09. The molecule has 1 heterocycles. The van der Waals surface area contributed by atoms with Gasteiger partial charge >= 0.3 is 0 Å². The normalized spacial score (nSPS) is 11.9. The largest absolute Gasteiger partial charge is 0.319 e. The summed E-state index contributed by atoms with van der Waals surface area (Å²) in [5.74, 6) is 0.118. The van der Waals surface area contributed by atoms with Crippen LogP contribution in [0, 0.1) is 6.92 Å². The maximum Gasteiger partial charge on any atom is 0.213 e. The first kappa shape index (κ1) is 12.6. The molecule has 0 atom stereocenters. The van der Waals surface area contributed by atoms with Crippen LogP contribution in [0.25, 0.3) is 0 Å². The van der Waals surface area contributed by atoms with Crippen LogP contribution >= 0.6 is 11.3 Å². The lowest BCUT2D eigenvalue weighted by molar-refractivity contribution is 0.579. The molecule has 0 fully saturated rings. The standard InChI is InChI=1S/C9H16N2O2S2/c1-8-6-14-7-9(8)5-11-15(12,13)4-3-10-2/h6-7,10-11H,3-5H2,1-2H3. The van der Waals surface area contributed by atoms with Crippen molar-refractivity contribution in [2.75, 3.05) is 19.3 Å². The van der Waals surface area contributed by atoms with Gasteiger partial charge in [-0.15, -0.1) is 0 Å². The summed E-state index contributed by atoms with van der Waals surface area (Å²) >= 11 is 1.59. The fraction of sp³-hybridized carbons (Fsp3) is 0.556. The Labute approximate surface area is 94.8 Å². The number of hydrogen-bond acceptors (Lipinski definition) is 4. The van der Waals surface area contributed by atoms with E-state index in [4.69, 9.17) is 0 Å². The zero-order valence-electron chi connectivity index (χ0n) is 8.91. The van der Waals surface area contributed by atoms with E-state index in [1.807, 2.05) is 17.7 Å². The van der Waals surface area contributed by atoms with Crippen molar-refractivity contribution in [1.29, 1.82) is 0 Å². The third-order valence-electron chi connectivity index (χ3n) is 2.06. The zero-order valence-corrected chi connectivity index (χ0v) is 10.5. The van der Waals surface area contributed by atoms with E-state index in [9.17, 15) is 8.42 Å². The predicted molar refractivity (Wildman–Crippen MR) is 63.6 cm³/mol. The highest BCUT2D eigenvalue weighted by molar-refractivity contribution is 7.89. The van der Waals surface area contributed by atoms with Crippen LogP contribution in [0.5, 0.6) is 0 Å². The van der Waals surface area contributed by atoms with Crippen LogP contribution in [0.15, 0.2) is 10.8 Å². The van der Waals surface area contributed by atoms with Gasteiger partial charge in [0.15, 0.2) is 0 Å². The molecule has 1 aromatic rings. The van der Waals surface area contributed by atoms with Crippen LogP contribution in [0.2, 0.25) is 0 Å². The summed E-state index contributed by atoms with van der Waals surface area (Å²) in [6.45, 7) is 2.84. The van der Waals surface area contributed by atoms with Crippen molar-refractivity contribution < 1.29 is 8.42 Å². The van der Waals surface area contributed by atoms with Crippen molar-refractivity contribution in [3.8, 4) is 0 Å². The minimum atomic E-state index is -3.14. The molecule has 0 aromatic carbocycles. The van der Waals surface area contributed by atoms with Gasteiger partial charge in [-0.1, -0.05) is 0 Å². The van der Waals surface area contributed by atoms with Gasteiger partial charge in [0.1, 0.15) is 0 Å². The number of sulfonamides is 1. The molecule has 15 heavy (non-hydrogen) atoms. The van der Waals surface area contributed by atoms with E-state index in [1.54, 1.807) is 18.4 Å². The molecule has 0 radical (unpaired) electrons. The Morgan fingerprint density at radius 3 is 2.67 bits per heavy atom. The number of nitrogens with one attached hydrogen (secondary N) is 2. The molecule has 1 rings (SSSR count). The molecule has 6 heteroatoms. The molecule has 0 spiro atoms. The Morgan fingerprint density at radius 1 is 1.40 bits per heavy atom. The van der Waals surface area contributed by atoms with Gasteiger partial charge < -0.3 is 5.32 Å².